The molecule has 0 fully saturated rings. The fourth-order valence-electron chi connectivity index (χ4n) is 1.95. The van der Waals surface area contributed by atoms with Crippen LogP contribution in [0.3, 0.4) is 0 Å². The Labute approximate surface area is 124 Å². The van der Waals surface area contributed by atoms with Crippen LogP contribution in [0.15, 0.2) is 53.4 Å². The molecule has 0 saturated heterocycles. The van der Waals surface area contributed by atoms with E-state index < -0.39 is 9.84 Å². The van der Waals surface area contributed by atoms with Crippen molar-refractivity contribution >= 4 is 21.4 Å². The molecule has 0 aromatic heterocycles. The maximum atomic E-state index is 12.2. The number of methoxy groups -OCH3 is 1. The third-order valence-corrected chi connectivity index (χ3v) is 5.10. The minimum Gasteiger partial charge on any atom is -0.496 e. The Morgan fingerprint density at radius 3 is 2.40 bits per heavy atom. The second kappa shape index (κ2) is 6.29. The molecule has 2 rings (SSSR count). The summed E-state index contributed by atoms with van der Waals surface area (Å²) in [5.74, 6) is 0.609. The van der Waals surface area contributed by atoms with Crippen LogP contribution in [0.2, 0.25) is 5.02 Å². The molecular formula is C15H15ClO3S. The van der Waals surface area contributed by atoms with Crippen LogP contribution in [0.4, 0.5) is 0 Å². The molecule has 3 nitrogen and oxygen atoms in total. The van der Waals surface area contributed by atoms with Gasteiger partial charge in [0.25, 0.3) is 0 Å². The van der Waals surface area contributed by atoms with Crippen LogP contribution in [0.1, 0.15) is 5.56 Å². The molecule has 0 radical (unpaired) electrons. The van der Waals surface area contributed by atoms with E-state index in [1.54, 1.807) is 55.6 Å². The zero-order valence-electron chi connectivity index (χ0n) is 11.0. The highest BCUT2D eigenvalue weighted by Crippen LogP contribution is 2.27. The highest BCUT2D eigenvalue weighted by Gasteiger charge is 2.16. The quantitative estimate of drug-likeness (QED) is 0.850. The van der Waals surface area contributed by atoms with Crippen LogP contribution in [0, 0.1) is 0 Å². The van der Waals surface area contributed by atoms with Crippen molar-refractivity contribution in [3.05, 3.63) is 59.1 Å². The molecule has 20 heavy (non-hydrogen) atoms. The Hall–Kier alpha value is -1.52. The molecule has 0 amide bonds. The lowest BCUT2D eigenvalue weighted by molar-refractivity contribution is 0.410. The molecule has 5 heteroatoms. The first-order valence-corrected chi connectivity index (χ1v) is 8.17. The molecule has 0 aliphatic carbocycles. The molecule has 0 spiro atoms. The summed E-state index contributed by atoms with van der Waals surface area (Å²) in [4.78, 5) is 0.325. The van der Waals surface area contributed by atoms with Crippen molar-refractivity contribution in [1.29, 1.82) is 0 Å². The van der Waals surface area contributed by atoms with Gasteiger partial charge in [0, 0.05) is 10.6 Å². The van der Waals surface area contributed by atoms with Gasteiger partial charge in [0.1, 0.15) is 5.75 Å². The highest BCUT2D eigenvalue weighted by atomic mass is 35.5. The minimum atomic E-state index is -3.31. The third kappa shape index (κ3) is 3.32. The maximum absolute atomic E-state index is 12.2. The van der Waals surface area contributed by atoms with E-state index in [9.17, 15) is 8.42 Å². The molecule has 0 bridgehead atoms. The average Bonchev–Trinajstić information content (AvgIpc) is 2.46. The van der Waals surface area contributed by atoms with Crippen LogP contribution >= 0.6 is 11.6 Å². The number of hydrogen-bond acceptors (Lipinski definition) is 3. The summed E-state index contributed by atoms with van der Waals surface area (Å²) in [6.45, 7) is 0. The third-order valence-electron chi connectivity index (χ3n) is 3.02. The van der Waals surface area contributed by atoms with E-state index in [0.29, 0.717) is 22.1 Å². The molecule has 106 valence electrons. The van der Waals surface area contributed by atoms with Gasteiger partial charge in [-0.2, -0.15) is 0 Å². The Kier molecular flexibility index (Phi) is 4.68. The van der Waals surface area contributed by atoms with E-state index in [4.69, 9.17) is 16.3 Å². The van der Waals surface area contributed by atoms with E-state index in [1.807, 2.05) is 0 Å². The Bertz CT molecular complexity index is 682. The standard InChI is InChI=1S/C15H15ClO3S/c1-19-15-9-5-8-14(16)13(15)10-11-20(17,18)12-6-3-2-4-7-12/h2-9H,10-11H2,1H3. The van der Waals surface area contributed by atoms with Gasteiger partial charge in [-0.25, -0.2) is 8.42 Å². The average molecular weight is 311 g/mol. The van der Waals surface area contributed by atoms with Crippen molar-refractivity contribution in [2.75, 3.05) is 12.9 Å². The van der Waals surface area contributed by atoms with Crippen molar-refractivity contribution in [3.8, 4) is 5.75 Å². The topological polar surface area (TPSA) is 43.4 Å². The first-order chi connectivity index (χ1) is 9.54. The molecule has 0 N–H and O–H groups in total. The number of benzene rings is 2. The van der Waals surface area contributed by atoms with Crippen molar-refractivity contribution in [1.82, 2.24) is 0 Å². The summed E-state index contributed by atoms with van der Waals surface area (Å²) in [5.41, 5.74) is 0.719. The number of ether oxygens (including phenoxy) is 1. The first kappa shape index (κ1) is 14.9. The molecule has 0 unspecified atom stereocenters. The molecule has 2 aromatic carbocycles. The highest BCUT2D eigenvalue weighted by molar-refractivity contribution is 7.91. The van der Waals surface area contributed by atoms with Crippen LogP contribution in [0.25, 0.3) is 0 Å². The second-order valence-electron chi connectivity index (χ2n) is 4.30. The molecule has 2 aromatic rings. The van der Waals surface area contributed by atoms with Crippen LogP contribution in [-0.2, 0) is 16.3 Å². The number of rotatable bonds is 5. The van der Waals surface area contributed by atoms with Crippen LogP contribution in [0.5, 0.6) is 5.75 Å². The lowest BCUT2D eigenvalue weighted by Gasteiger charge is -2.10. The Morgan fingerprint density at radius 2 is 1.75 bits per heavy atom. The number of hydrogen-bond donors (Lipinski definition) is 0. The van der Waals surface area contributed by atoms with Gasteiger partial charge in [0.05, 0.1) is 17.8 Å². The van der Waals surface area contributed by atoms with E-state index in [2.05, 4.69) is 0 Å². The predicted molar refractivity (Wildman–Crippen MR) is 80.2 cm³/mol. The van der Waals surface area contributed by atoms with Gasteiger partial charge in [-0.05, 0) is 30.7 Å². The molecular weight excluding hydrogens is 296 g/mol. The zero-order valence-corrected chi connectivity index (χ0v) is 12.6. The van der Waals surface area contributed by atoms with Crippen LogP contribution < -0.4 is 4.74 Å². The predicted octanol–water partition coefficient (Wildman–Crippen LogP) is 3.37. The van der Waals surface area contributed by atoms with Crippen molar-refractivity contribution in [2.24, 2.45) is 0 Å². The smallest absolute Gasteiger partial charge is 0.178 e. The normalized spacial score (nSPS) is 11.3. The van der Waals surface area contributed by atoms with E-state index >= 15 is 0 Å². The summed E-state index contributed by atoms with van der Waals surface area (Å²) in [5, 5.41) is 0.521. The lowest BCUT2D eigenvalue weighted by Crippen LogP contribution is -2.10. The zero-order chi connectivity index (χ0) is 14.6. The van der Waals surface area contributed by atoms with Crippen molar-refractivity contribution in [3.63, 3.8) is 0 Å². The van der Waals surface area contributed by atoms with Gasteiger partial charge in [-0.3, -0.25) is 0 Å². The van der Waals surface area contributed by atoms with Gasteiger partial charge in [-0.1, -0.05) is 35.9 Å². The molecule has 0 aliphatic heterocycles. The van der Waals surface area contributed by atoms with Gasteiger partial charge < -0.3 is 4.74 Å². The summed E-state index contributed by atoms with van der Waals surface area (Å²) in [6.07, 6.45) is 0.320. The first-order valence-electron chi connectivity index (χ1n) is 6.14. The SMILES string of the molecule is COc1cccc(Cl)c1CCS(=O)(=O)c1ccccc1. The van der Waals surface area contributed by atoms with Crippen molar-refractivity contribution in [2.45, 2.75) is 11.3 Å². The largest absolute Gasteiger partial charge is 0.496 e. The molecule has 0 atom stereocenters. The van der Waals surface area contributed by atoms with Gasteiger partial charge in [0.2, 0.25) is 0 Å². The van der Waals surface area contributed by atoms with E-state index in [-0.39, 0.29) is 5.75 Å². The summed E-state index contributed by atoms with van der Waals surface area (Å²) in [6, 6.07) is 13.7. The lowest BCUT2D eigenvalue weighted by atomic mass is 10.1. The summed E-state index contributed by atoms with van der Waals surface area (Å²) in [7, 11) is -1.77. The second-order valence-corrected chi connectivity index (χ2v) is 6.82. The summed E-state index contributed by atoms with van der Waals surface area (Å²) < 4.78 is 29.7. The van der Waals surface area contributed by atoms with Gasteiger partial charge in [0.15, 0.2) is 9.84 Å². The Morgan fingerprint density at radius 1 is 1.05 bits per heavy atom. The summed E-state index contributed by atoms with van der Waals surface area (Å²) >= 11 is 6.11. The fourth-order valence-corrected chi connectivity index (χ4v) is 3.50. The van der Waals surface area contributed by atoms with E-state index in [0.717, 1.165) is 5.56 Å². The molecule has 0 aliphatic rings. The van der Waals surface area contributed by atoms with E-state index in [1.165, 1.54) is 0 Å². The number of sulfone groups is 1. The minimum absolute atomic E-state index is 0.00287. The molecule has 0 heterocycles. The fraction of sp³-hybridized carbons (Fsp3) is 0.200. The Balaban J connectivity index is 2.21. The van der Waals surface area contributed by atoms with Gasteiger partial charge >= 0.3 is 0 Å². The number of halogens is 1. The maximum Gasteiger partial charge on any atom is 0.178 e. The van der Waals surface area contributed by atoms with Gasteiger partial charge in [-0.15, -0.1) is 0 Å². The monoisotopic (exact) mass is 310 g/mol. The molecule has 0 saturated carbocycles. The van der Waals surface area contributed by atoms with Crippen LogP contribution in [-0.4, -0.2) is 21.3 Å². The van der Waals surface area contributed by atoms with Crippen molar-refractivity contribution < 1.29 is 13.2 Å².